The summed E-state index contributed by atoms with van der Waals surface area (Å²) in [5, 5.41) is 31.2. The van der Waals surface area contributed by atoms with Gasteiger partial charge in [-0.05, 0) is 38.1 Å². The minimum Gasteiger partial charge on any atom is -0.387 e. The van der Waals surface area contributed by atoms with Crippen molar-refractivity contribution in [2.24, 2.45) is 0 Å². The van der Waals surface area contributed by atoms with Crippen LogP contribution in [0.3, 0.4) is 0 Å². The van der Waals surface area contributed by atoms with Gasteiger partial charge in [0, 0.05) is 25.7 Å². The smallest absolute Gasteiger partial charge is 0.270 e. The first-order valence-electron chi connectivity index (χ1n) is 11.4. The van der Waals surface area contributed by atoms with E-state index in [4.69, 9.17) is 5.26 Å². The lowest BCUT2D eigenvalue weighted by Crippen LogP contribution is -2.53. The molecule has 0 spiro atoms. The van der Waals surface area contributed by atoms with Crippen LogP contribution >= 0.6 is 0 Å². The number of nitrogens with one attached hydrogen (secondary N) is 3. The Kier molecular flexibility index (Phi) is 6.88. The molecular weight excluding hydrogens is 475 g/mol. The van der Waals surface area contributed by atoms with Gasteiger partial charge in [0.25, 0.3) is 11.8 Å². The number of nitrogens with zero attached hydrogens (tertiary/aromatic N) is 4. The van der Waals surface area contributed by atoms with E-state index in [9.17, 15) is 23.1 Å². The van der Waals surface area contributed by atoms with Crippen LogP contribution in [0.25, 0.3) is 16.9 Å². The number of pyridine rings is 1. The van der Waals surface area contributed by atoms with Crippen LogP contribution in [0, 0.1) is 11.3 Å². The summed E-state index contributed by atoms with van der Waals surface area (Å²) in [6, 6.07) is 7.27. The van der Waals surface area contributed by atoms with E-state index in [2.05, 4.69) is 26.0 Å². The molecule has 0 bridgehead atoms. The third kappa shape index (κ3) is 5.27. The van der Waals surface area contributed by atoms with Crippen LogP contribution in [0.2, 0.25) is 0 Å². The summed E-state index contributed by atoms with van der Waals surface area (Å²) in [6.45, 7) is 2.23. The zero-order chi connectivity index (χ0) is 26.1. The number of carbonyl (C=O) groups is 1. The number of anilines is 1. The van der Waals surface area contributed by atoms with E-state index in [1.165, 1.54) is 32.3 Å². The van der Waals surface area contributed by atoms with Crippen molar-refractivity contribution in [1.29, 1.82) is 5.26 Å². The maximum Gasteiger partial charge on any atom is 0.270 e. The van der Waals surface area contributed by atoms with E-state index in [-0.39, 0.29) is 30.8 Å². The lowest BCUT2D eigenvalue weighted by atomic mass is 10.0. The summed E-state index contributed by atoms with van der Waals surface area (Å²) in [4.78, 5) is 17.2. The Morgan fingerprint density at radius 1 is 1.39 bits per heavy atom. The highest BCUT2D eigenvalue weighted by Gasteiger charge is 2.42. The van der Waals surface area contributed by atoms with Crippen LogP contribution < -0.4 is 16.0 Å². The molecule has 3 aromatic heterocycles. The lowest BCUT2D eigenvalue weighted by Gasteiger charge is -2.33. The summed E-state index contributed by atoms with van der Waals surface area (Å²) < 4.78 is 44.9. The van der Waals surface area contributed by atoms with E-state index in [1.807, 2.05) is 6.07 Å². The third-order valence-corrected chi connectivity index (χ3v) is 6.07. The van der Waals surface area contributed by atoms with Gasteiger partial charge in [-0.2, -0.15) is 10.4 Å². The first-order valence-corrected chi connectivity index (χ1v) is 11.4. The Morgan fingerprint density at radius 3 is 2.86 bits per heavy atom. The summed E-state index contributed by atoms with van der Waals surface area (Å²) in [6.07, 6.45) is 0.505. The zero-order valence-electron chi connectivity index (χ0n) is 19.7. The topological polar surface area (TPSA) is 127 Å². The highest BCUT2D eigenvalue weighted by Crippen LogP contribution is 2.31. The molecule has 1 fully saturated rings. The molecule has 1 saturated heterocycles. The molecule has 2 atom stereocenters. The van der Waals surface area contributed by atoms with Gasteiger partial charge in [0.15, 0.2) is 0 Å². The highest BCUT2D eigenvalue weighted by atomic mass is 19.3. The van der Waals surface area contributed by atoms with Crippen LogP contribution in [0.1, 0.15) is 36.2 Å². The van der Waals surface area contributed by atoms with E-state index in [0.717, 1.165) is 0 Å². The molecule has 4 N–H and O–H groups in total. The fraction of sp³-hybridized carbons (Fsp3) is 0.417. The Labute approximate surface area is 205 Å². The van der Waals surface area contributed by atoms with E-state index < -0.39 is 36.2 Å². The first-order chi connectivity index (χ1) is 17.0. The largest absolute Gasteiger partial charge is 0.387 e. The van der Waals surface area contributed by atoms with Crippen LogP contribution in [-0.2, 0) is 0 Å². The fourth-order valence-corrected chi connectivity index (χ4v) is 3.85. The molecule has 190 valence electrons. The highest BCUT2D eigenvalue weighted by molar-refractivity contribution is 6.00. The van der Waals surface area contributed by atoms with Crippen molar-refractivity contribution in [2.75, 3.05) is 25.0 Å². The molecule has 0 radical (unpaired) electrons. The number of piperidine rings is 1. The van der Waals surface area contributed by atoms with Gasteiger partial charge in [-0.25, -0.2) is 17.7 Å². The number of hydrogen-bond acceptors (Lipinski definition) is 7. The molecular formula is C24H26F3N7O2. The summed E-state index contributed by atoms with van der Waals surface area (Å²) in [5.74, 6) is -3.75. The van der Waals surface area contributed by atoms with Crippen LogP contribution in [0.5, 0.6) is 0 Å². The van der Waals surface area contributed by atoms with Gasteiger partial charge in [-0.1, -0.05) is 0 Å². The number of alkyl halides is 3. The molecule has 1 amide bonds. The second-order valence-corrected chi connectivity index (χ2v) is 9.27. The number of aliphatic hydroxyl groups is 1. The molecule has 9 nitrogen and oxygen atoms in total. The summed E-state index contributed by atoms with van der Waals surface area (Å²) in [7, 11) is 0. The Bertz CT molecular complexity index is 1310. The molecule has 0 aromatic carbocycles. The van der Waals surface area contributed by atoms with Crippen LogP contribution in [-0.4, -0.2) is 69.0 Å². The van der Waals surface area contributed by atoms with E-state index in [1.54, 1.807) is 22.7 Å². The van der Waals surface area contributed by atoms with Crippen molar-refractivity contribution < 1.29 is 23.1 Å². The summed E-state index contributed by atoms with van der Waals surface area (Å²) >= 11 is 0. The van der Waals surface area contributed by atoms with Gasteiger partial charge < -0.3 is 21.1 Å². The molecule has 1 aliphatic heterocycles. The van der Waals surface area contributed by atoms with Crippen LogP contribution in [0.15, 0.2) is 36.7 Å². The minimum atomic E-state index is -3.02. The van der Waals surface area contributed by atoms with Gasteiger partial charge in [0.1, 0.15) is 18.3 Å². The minimum absolute atomic E-state index is 0.0243. The van der Waals surface area contributed by atoms with Crippen molar-refractivity contribution in [3.8, 4) is 17.5 Å². The second-order valence-electron chi connectivity index (χ2n) is 9.27. The second kappa shape index (κ2) is 9.75. The van der Waals surface area contributed by atoms with Gasteiger partial charge in [0.05, 0.1) is 52.1 Å². The Balaban J connectivity index is 1.70. The normalized spacial score (nSPS) is 18.4. The van der Waals surface area contributed by atoms with Crippen LogP contribution in [0.4, 0.5) is 18.9 Å². The van der Waals surface area contributed by atoms with Crippen molar-refractivity contribution in [2.45, 2.75) is 44.0 Å². The monoisotopic (exact) mass is 501 g/mol. The standard InChI is InChI=1S/C24H26F3N7O2/c1-23(2,36)20(25)12-31-22(35)16-11-30-18(8-17(16)33-21-13-29-6-5-24(21,26)27)19-4-3-15-7-14(9-28)10-32-34(15)19/h3-4,7-8,10-11,20-21,29,36H,5-6,12-13H2,1-2H3,(H,30,33)(H,31,35)/t20-,21-/m1/s1. The molecule has 4 heterocycles. The first kappa shape index (κ1) is 25.4. The number of nitriles is 1. The predicted molar refractivity (Wildman–Crippen MR) is 127 cm³/mol. The van der Waals surface area contributed by atoms with Gasteiger partial charge in [0.2, 0.25) is 0 Å². The number of fused-ring (bicyclic) bond motifs is 1. The number of carbonyl (C=O) groups excluding carboxylic acids is 1. The SMILES string of the molecule is CC(C)(O)[C@H](F)CNC(=O)c1cnc(-c2ccc3cc(C#N)cnn23)cc1N[C@@H]1CNCCC1(F)F. The zero-order valence-corrected chi connectivity index (χ0v) is 19.7. The summed E-state index contributed by atoms with van der Waals surface area (Å²) in [5.41, 5.74) is 0.240. The molecule has 3 aromatic rings. The number of amides is 1. The lowest BCUT2D eigenvalue weighted by molar-refractivity contribution is -0.0383. The maximum atomic E-state index is 14.6. The maximum absolute atomic E-state index is 14.6. The predicted octanol–water partition coefficient (Wildman–Crippen LogP) is 2.52. The number of halogens is 3. The Hall–Kier alpha value is -3.69. The molecule has 0 aliphatic carbocycles. The number of hydrogen-bond donors (Lipinski definition) is 4. The molecule has 1 aliphatic rings. The Morgan fingerprint density at radius 2 is 2.17 bits per heavy atom. The number of aromatic nitrogens is 3. The van der Waals surface area contributed by atoms with E-state index in [0.29, 0.717) is 22.5 Å². The molecule has 0 saturated carbocycles. The van der Waals surface area contributed by atoms with Crippen molar-refractivity contribution >= 4 is 17.1 Å². The average Bonchev–Trinajstić information content (AvgIpc) is 3.26. The van der Waals surface area contributed by atoms with Gasteiger partial charge >= 0.3 is 0 Å². The number of rotatable bonds is 7. The van der Waals surface area contributed by atoms with Gasteiger partial charge in [-0.15, -0.1) is 0 Å². The third-order valence-electron chi connectivity index (χ3n) is 6.07. The quantitative estimate of drug-likeness (QED) is 0.392. The molecule has 36 heavy (non-hydrogen) atoms. The average molecular weight is 502 g/mol. The van der Waals surface area contributed by atoms with Crippen molar-refractivity contribution in [3.63, 3.8) is 0 Å². The molecule has 4 rings (SSSR count). The molecule has 0 unspecified atom stereocenters. The molecule has 12 heteroatoms. The van der Waals surface area contributed by atoms with Crippen molar-refractivity contribution in [3.05, 3.63) is 47.8 Å². The van der Waals surface area contributed by atoms with Crippen molar-refractivity contribution in [1.82, 2.24) is 25.2 Å². The fourth-order valence-electron chi connectivity index (χ4n) is 3.85. The van der Waals surface area contributed by atoms with Gasteiger partial charge in [-0.3, -0.25) is 9.78 Å². The van der Waals surface area contributed by atoms with E-state index >= 15 is 0 Å².